The van der Waals surface area contributed by atoms with Crippen molar-refractivity contribution in [2.24, 2.45) is 7.05 Å². The van der Waals surface area contributed by atoms with E-state index in [0.717, 1.165) is 37.9 Å². The van der Waals surface area contributed by atoms with Crippen molar-refractivity contribution < 1.29 is 4.79 Å². The number of aryl methyl sites for hydroxylation is 2. The third kappa shape index (κ3) is 4.12. The molecule has 1 fully saturated rings. The second-order valence-corrected chi connectivity index (χ2v) is 7.20. The van der Waals surface area contributed by atoms with E-state index in [1.165, 1.54) is 23.2 Å². The van der Waals surface area contributed by atoms with E-state index in [9.17, 15) is 4.79 Å². The van der Waals surface area contributed by atoms with Crippen LogP contribution in [0.25, 0.3) is 0 Å². The Labute approximate surface area is 150 Å². The molecule has 0 bridgehead atoms. The molecule has 4 nitrogen and oxygen atoms in total. The third-order valence-electron chi connectivity index (χ3n) is 5.51. The van der Waals surface area contributed by atoms with Gasteiger partial charge in [-0.1, -0.05) is 30.3 Å². The number of aromatic nitrogens is 2. The summed E-state index contributed by atoms with van der Waals surface area (Å²) in [5.74, 6) is 0.295. The van der Waals surface area contributed by atoms with Crippen LogP contribution in [-0.4, -0.2) is 33.2 Å². The Hall–Kier alpha value is -2.10. The molecule has 25 heavy (non-hydrogen) atoms. The first-order valence-corrected chi connectivity index (χ1v) is 9.38. The molecule has 1 aromatic heterocycles. The minimum atomic E-state index is 0.295. The van der Waals surface area contributed by atoms with Gasteiger partial charge in [0.05, 0.1) is 5.69 Å². The van der Waals surface area contributed by atoms with Crippen molar-refractivity contribution in [3.8, 4) is 0 Å². The highest BCUT2D eigenvalue weighted by Crippen LogP contribution is 2.23. The fourth-order valence-electron chi connectivity index (χ4n) is 3.98. The lowest BCUT2D eigenvalue weighted by Gasteiger charge is -2.36. The highest BCUT2D eigenvalue weighted by Gasteiger charge is 2.26. The van der Waals surface area contributed by atoms with Gasteiger partial charge < -0.3 is 4.90 Å². The standard InChI is InChI=1S/C21H29N3O/c1-16-20(17(2)23(3)22-16)12-13-21(25)24-14-8-7-11-19(24)15-18-9-5-4-6-10-18/h4-6,9-10,19H,7-8,11-15H2,1-3H3/t19-/m0/s1. The number of hydrogen-bond donors (Lipinski definition) is 0. The van der Waals surface area contributed by atoms with Crippen LogP contribution in [0.4, 0.5) is 0 Å². The number of carbonyl (C=O) groups excluding carboxylic acids is 1. The molecule has 0 spiro atoms. The maximum atomic E-state index is 12.9. The van der Waals surface area contributed by atoms with Gasteiger partial charge in [-0.05, 0) is 57.1 Å². The van der Waals surface area contributed by atoms with E-state index < -0.39 is 0 Å². The normalized spacial score (nSPS) is 17.7. The zero-order valence-corrected chi connectivity index (χ0v) is 15.7. The van der Waals surface area contributed by atoms with E-state index in [0.29, 0.717) is 18.4 Å². The molecular weight excluding hydrogens is 310 g/mol. The molecule has 0 saturated carbocycles. The summed E-state index contributed by atoms with van der Waals surface area (Å²) >= 11 is 0. The van der Waals surface area contributed by atoms with Crippen LogP contribution in [0, 0.1) is 13.8 Å². The number of amides is 1. The summed E-state index contributed by atoms with van der Waals surface area (Å²) in [5.41, 5.74) is 4.77. The lowest BCUT2D eigenvalue weighted by atomic mass is 9.95. The Bertz CT molecular complexity index is 720. The van der Waals surface area contributed by atoms with Crippen LogP contribution in [0.2, 0.25) is 0 Å². The van der Waals surface area contributed by atoms with E-state index in [2.05, 4.69) is 41.2 Å². The topological polar surface area (TPSA) is 38.1 Å². The minimum Gasteiger partial charge on any atom is -0.339 e. The molecular formula is C21H29N3O. The summed E-state index contributed by atoms with van der Waals surface area (Å²) in [7, 11) is 1.97. The first kappa shape index (κ1) is 17.7. The van der Waals surface area contributed by atoms with E-state index in [-0.39, 0.29) is 0 Å². The van der Waals surface area contributed by atoms with Crippen LogP contribution in [0.15, 0.2) is 30.3 Å². The average Bonchev–Trinajstić information content (AvgIpc) is 2.86. The highest BCUT2D eigenvalue weighted by molar-refractivity contribution is 5.77. The van der Waals surface area contributed by atoms with Crippen molar-refractivity contribution in [2.45, 2.75) is 58.4 Å². The van der Waals surface area contributed by atoms with Gasteiger partial charge in [-0.15, -0.1) is 0 Å². The molecule has 1 aliphatic heterocycles. The summed E-state index contributed by atoms with van der Waals surface area (Å²) in [4.78, 5) is 15.0. The monoisotopic (exact) mass is 339 g/mol. The van der Waals surface area contributed by atoms with Gasteiger partial charge in [0.1, 0.15) is 0 Å². The summed E-state index contributed by atoms with van der Waals surface area (Å²) in [6.07, 6.45) is 5.81. The van der Waals surface area contributed by atoms with Gasteiger partial charge in [-0.25, -0.2) is 0 Å². The molecule has 1 aromatic carbocycles. The number of rotatable bonds is 5. The molecule has 1 saturated heterocycles. The Morgan fingerprint density at radius 2 is 1.96 bits per heavy atom. The second kappa shape index (κ2) is 7.85. The molecule has 3 rings (SSSR count). The van der Waals surface area contributed by atoms with Crippen LogP contribution in [-0.2, 0) is 24.7 Å². The smallest absolute Gasteiger partial charge is 0.223 e. The quantitative estimate of drug-likeness (QED) is 0.835. The highest BCUT2D eigenvalue weighted by atomic mass is 16.2. The summed E-state index contributed by atoms with van der Waals surface area (Å²) in [6, 6.07) is 10.9. The van der Waals surface area contributed by atoms with Crippen molar-refractivity contribution in [3.63, 3.8) is 0 Å². The molecule has 134 valence electrons. The van der Waals surface area contributed by atoms with Gasteiger partial charge in [-0.2, -0.15) is 5.10 Å². The Morgan fingerprint density at radius 1 is 1.20 bits per heavy atom. The predicted molar refractivity (Wildman–Crippen MR) is 101 cm³/mol. The molecule has 0 unspecified atom stereocenters. The van der Waals surface area contributed by atoms with Crippen LogP contribution < -0.4 is 0 Å². The first-order chi connectivity index (χ1) is 12.1. The molecule has 1 aliphatic rings. The molecule has 0 N–H and O–H groups in total. The predicted octanol–water partition coefficient (Wildman–Crippen LogP) is 3.59. The molecule has 1 amide bonds. The Morgan fingerprint density at radius 3 is 2.64 bits per heavy atom. The fourth-order valence-corrected chi connectivity index (χ4v) is 3.98. The Balaban J connectivity index is 1.64. The maximum Gasteiger partial charge on any atom is 0.223 e. The average molecular weight is 339 g/mol. The third-order valence-corrected chi connectivity index (χ3v) is 5.51. The Kier molecular flexibility index (Phi) is 5.57. The van der Waals surface area contributed by atoms with Gasteiger partial charge in [0.15, 0.2) is 0 Å². The molecule has 0 radical (unpaired) electrons. The van der Waals surface area contributed by atoms with E-state index in [1.54, 1.807) is 0 Å². The summed E-state index contributed by atoms with van der Waals surface area (Å²) in [6.45, 7) is 5.02. The van der Waals surface area contributed by atoms with Crippen LogP contribution >= 0.6 is 0 Å². The molecule has 2 heterocycles. The number of piperidine rings is 1. The van der Waals surface area contributed by atoms with Gasteiger partial charge >= 0.3 is 0 Å². The first-order valence-electron chi connectivity index (χ1n) is 9.38. The summed E-state index contributed by atoms with van der Waals surface area (Å²) in [5, 5.41) is 4.46. The molecule has 4 heteroatoms. The molecule has 2 aromatic rings. The van der Waals surface area contributed by atoms with Gasteiger partial charge in [0.2, 0.25) is 5.91 Å². The van der Waals surface area contributed by atoms with Crippen molar-refractivity contribution in [3.05, 3.63) is 52.8 Å². The second-order valence-electron chi connectivity index (χ2n) is 7.20. The van der Waals surface area contributed by atoms with Gasteiger partial charge in [0, 0.05) is 31.7 Å². The summed E-state index contributed by atoms with van der Waals surface area (Å²) < 4.78 is 1.91. The van der Waals surface area contributed by atoms with Crippen LogP contribution in [0.5, 0.6) is 0 Å². The lowest BCUT2D eigenvalue weighted by Crippen LogP contribution is -2.45. The number of benzene rings is 1. The number of likely N-dealkylation sites (tertiary alicyclic amines) is 1. The van der Waals surface area contributed by atoms with Crippen LogP contribution in [0.1, 0.15) is 48.2 Å². The van der Waals surface area contributed by atoms with Crippen molar-refractivity contribution in [2.75, 3.05) is 6.54 Å². The number of nitrogens with zero attached hydrogens (tertiary/aromatic N) is 3. The van der Waals surface area contributed by atoms with E-state index in [1.807, 2.05) is 24.7 Å². The van der Waals surface area contributed by atoms with E-state index >= 15 is 0 Å². The maximum absolute atomic E-state index is 12.9. The van der Waals surface area contributed by atoms with Crippen molar-refractivity contribution in [1.29, 1.82) is 0 Å². The van der Waals surface area contributed by atoms with Crippen LogP contribution in [0.3, 0.4) is 0 Å². The number of carbonyl (C=O) groups is 1. The minimum absolute atomic E-state index is 0.295. The number of hydrogen-bond acceptors (Lipinski definition) is 2. The molecule has 0 aliphatic carbocycles. The lowest BCUT2D eigenvalue weighted by molar-refractivity contribution is -0.134. The SMILES string of the molecule is Cc1nn(C)c(C)c1CCC(=O)N1CCCC[C@H]1Cc1ccccc1. The molecule has 1 atom stereocenters. The van der Waals surface area contributed by atoms with Crippen molar-refractivity contribution >= 4 is 5.91 Å². The fraction of sp³-hybridized carbons (Fsp3) is 0.524. The van der Waals surface area contributed by atoms with Gasteiger partial charge in [0.25, 0.3) is 0 Å². The van der Waals surface area contributed by atoms with E-state index in [4.69, 9.17) is 0 Å². The zero-order valence-electron chi connectivity index (χ0n) is 15.7. The largest absolute Gasteiger partial charge is 0.339 e. The van der Waals surface area contributed by atoms with Crippen molar-refractivity contribution in [1.82, 2.24) is 14.7 Å². The van der Waals surface area contributed by atoms with Gasteiger partial charge in [-0.3, -0.25) is 9.48 Å². The zero-order chi connectivity index (χ0) is 17.8.